The molecule has 0 aliphatic carbocycles. The van der Waals surface area contributed by atoms with E-state index in [1.807, 2.05) is 24.1 Å². The molecule has 0 aromatic carbocycles. The molecule has 0 N–H and O–H groups in total. The fraction of sp³-hybridized carbons (Fsp3) is 0.579. The van der Waals surface area contributed by atoms with Crippen LogP contribution in [0.1, 0.15) is 44.2 Å². The quantitative estimate of drug-likeness (QED) is 0.822. The number of rotatable bonds is 4. The highest BCUT2D eigenvalue weighted by atomic mass is 32.1. The third kappa shape index (κ3) is 3.19. The van der Waals surface area contributed by atoms with Crippen molar-refractivity contribution in [2.45, 2.75) is 45.9 Å². The monoisotopic (exact) mass is 375 g/mol. The summed E-state index contributed by atoms with van der Waals surface area (Å²) in [5.74, 6) is 1.07. The molecule has 140 valence electrons. The van der Waals surface area contributed by atoms with Gasteiger partial charge in [0.25, 0.3) is 5.91 Å². The average molecular weight is 375 g/mol. The van der Waals surface area contributed by atoms with Gasteiger partial charge in [0.2, 0.25) is 0 Å². The summed E-state index contributed by atoms with van der Waals surface area (Å²) in [6.07, 6.45) is 2.03. The topological polar surface area (TPSA) is 58.8 Å². The normalized spacial score (nSPS) is 20.6. The summed E-state index contributed by atoms with van der Waals surface area (Å²) in [6.45, 7) is 8.15. The minimum absolute atomic E-state index is 0.168. The molecule has 0 unspecified atom stereocenters. The van der Waals surface area contributed by atoms with E-state index in [1.54, 1.807) is 18.4 Å². The Bertz CT molecular complexity index is 794. The Morgan fingerprint density at radius 2 is 2.27 bits per heavy atom. The van der Waals surface area contributed by atoms with E-state index in [0.29, 0.717) is 6.54 Å². The van der Waals surface area contributed by atoms with Crippen LogP contribution in [-0.4, -0.2) is 53.7 Å². The Labute approximate surface area is 157 Å². The predicted molar refractivity (Wildman–Crippen MR) is 99.4 cm³/mol. The third-order valence-electron chi connectivity index (χ3n) is 5.58. The van der Waals surface area contributed by atoms with Gasteiger partial charge in [-0.15, -0.1) is 11.3 Å². The maximum absolute atomic E-state index is 12.9. The van der Waals surface area contributed by atoms with Gasteiger partial charge in [0.05, 0.1) is 17.4 Å². The fourth-order valence-electron chi connectivity index (χ4n) is 3.92. The summed E-state index contributed by atoms with van der Waals surface area (Å²) in [7, 11) is 1.72. The standard InChI is InChI=1S/C19H25N3O3S/c1-12-16(13(2)25-20-12)9-21-6-5-15-17(11-26-18(15)10-21)19(23)22-7-4-14(8-22)24-3/h11,14H,4-10H2,1-3H3/t14-/m0/s1. The molecular formula is C19H25N3O3S. The lowest BCUT2D eigenvalue weighted by Crippen LogP contribution is -2.33. The molecule has 1 amide bonds. The van der Waals surface area contributed by atoms with E-state index in [-0.39, 0.29) is 12.0 Å². The second kappa shape index (κ2) is 7.13. The summed E-state index contributed by atoms with van der Waals surface area (Å²) < 4.78 is 10.7. The summed E-state index contributed by atoms with van der Waals surface area (Å²) in [6, 6.07) is 0. The average Bonchev–Trinajstić information content (AvgIpc) is 3.36. The van der Waals surface area contributed by atoms with Crippen LogP contribution in [-0.2, 0) is 24.2 Å². The SMILES string of the molecule is CO[C@H]1CCN(C(=O)c2csc3c2CCN(Cc2c(C)noc2C)C3)C1. The van der Waals surface area contributed by atoms with Gasteiger partial charge in [-0.2, -0.15) is 0 Å². The minimum atomic E-state index is 0.168. The number of nitrogens with zero attached hydrogens (tertiary/aromatic N) is 3. The van der Waals surface area contributed by atoms with Crippen molar-refractivity contribution < 1.29 is 14.1 Å². The number of carbonyl (C=O) groups is 1. The van der Waals surface area contributed by atoms with Crippen LogP contribution >= 0.6 is 11.3 Å². The molecule has 1 saturated heterocycles. The molecule has 0 bridgehead atoms. The molecule has 2 aromatic rings. The molecule has 6 nitrogen and oxygen atoms in total. The lowest BCUT2D eigenvalue weighted by Gasteiger charge is -2.27. The van der Waals surface area contributed by atoms with Crippen LogP contribution in [0.5, 0.6) is 0 Å². The van der Waals surface area contributed by atoms with E-state index in [9.17, 15) is 4.79 Å². The molecule has 4 heterocycles. The minimum Gasteiger partial charge on any atom is -0.380 e. The van der Waals surface area contributed by atoms with E-state index in [1.165, 1.54) is 16.0 Å². The smallest absolute Gasteiger partial charge is 0.255 e. The van der Waals surface area contributed by atoms with E-state index in [0.717, 1.165) is 56.0 Å². The van der Waals surface area contributed by atoms with Gasteiger partial charge in [-0.1, -0.05) is 5.16 Å². The van der Waals surface area contributed by atoms with Gasteiger partial charge < -0.3 is 14.2 Å². The summed E-state index contributed by atoms with van der Waals surface area (Å²) in [5, 5.41) is 6.10. The van der Waals surface area contributed by atoms with Gasteiger partial charge in [-0.3, -0.25) is 9.69 Å². The molecule has 0 spiro atoms. The van der Waals surface area contributed by atoms with Crippen LogP contribution in [0.3, 0.4) is 0 Å². The number of ether oxygens (including phenoxy) is 1. The zero-order valence-corrected chi connectivity index (χ0v) is 16.4. The van der Waals surface area contributed by atoms with E-state index in [2.05, 4.69) is 10.1 Å². The molecule has 2 aromatic heterocycles. The van der Waals surface area contributed by atoms with Crippen molar-refractivity contribution in [3.05, 3.63) is 38.4 Å². The first-order chi connectivity index (χ1) is 12.6. The van der Waals surface area contributed by atoms with Crippen molar-refractivity contribution in [1.29, 1.82) is 0 Å². The maximum Gasteiger partial charge on any atom is 0.255 e. The van der Waals surface area contributed by atoms with Gasteiger partial charge in [0, 0.05) is 55.7 Å². The van der Waals surface area contributed by atoms with Gasteiger partial charge >= 0.3 is 0 Å². The largest absolute Gasteiger partial charge is 0.380 e. The Morgan fingerprint density at radius 1 is 1.42 bits per heavy atom. The van der Waals surface area contributed by atoms with Gasteiger partial charge in [0.15, 0.2) is 0 Å². The van der Waals surface area contributed by atoms with E-state index >= 15 is 0 Å². The van der Waals surface area contributed by atoms with Crippen LogP contribution in [0.4, 0.5) is 0 Å². The maximum atomic E-state index is 12.9. The molecule has 2 aliphatic heterocycles. The second-order valence-electron chi connectivity index (χ2n) is 7.21. The fourth-order valence-corrected chi connectivity index (χ4v) is 5.04. The zero-order chi connectivity index (χ0) is 18.3. The van der Waals surface area contributed by atoms with E-state index in [4.69, 9.17) is 9.26 Å². The van der Waals surface area contributed by atoms with Crippen molar-refractivity contribution in [2.24, 2.45) is 0 Å². The van der Waals surface area contributed by atoms with Crippen molar-refractivity contribution in [1.82, 2.24) is 15.0 Å². The molecule has 1 atom stereocenters. The first-order valence-corrected chi connectivity index (χ1v) is 10.00. The van der Waals surface area contributed by atoms with E-state index < -0.39 is 0 Å². The zero-order valence-electron chi connectivity index (χ0n) is 15.6. The number of carbonyl (C=O) groups excluding carboxylic acids is 1. The van der Waals surface area contributed by atoms with Crippen LogP contribution in [0.2, 0.25) is 0 Å². The lowest BCUT2D eigenvalue weighted by atomic mass is 10.0. The summed E-state index contributed by atoms with van der Waals surface area (Å²) >= 11 is 1.71. The Hall–Kier alpha value is -1.70. The van der Waals surface area contributed by atoms with Gasteiger partial charge in [0.1, 0.15) is 5.76 Å². The number of likely N-dealkylation sites (tertiary alicyclic amines) is 1. The highest BCUT2D eigenvalue weighted by molar-refractivity contribution is 7.10. The summed E-state index contributed by atoms with van der Waals surface area (Å²) in [5.41, 5.74) is 4.30. The number of aryl methyl sites for hydroxylation is 2. The number of hydrogen-bond donors (Lipinski definition) is 0. The number of methoxy groups -OCH3 is 1. The van der Waals surface area contributed by atoms with Gasteiger partial charge in [-0.05, 0) is 32.3 Å². The number of fused-ring (bicyclic) bond motifs is 1. The number of aromatic nitrogens is 1. The Kier molecular flexibility index (Phi) is 4.86. The predicted octanol–water partition coefficient (Wildman–Crippen LogP) is 2.77. The van der Waals surface area contributed by atoms with Crippen LogP contribution in [0.15, 0.2) is 9.90 Å². The molecule has 0 saturated carbocycles. The highest BCUT2D eigenvalue weighted by Gasteiger charge is 2.31. The molecular weight excluding hydrogens is 350 g/mol. The Morgan fingerprint density at radius 3 is 2.96 bits per heavy atom. The van der Waals surface area contributed by atoms with Crippen molar-refractivity contribution in [2.75, 3.05) is 26.7 Å². The van der Waals surface area contributed by atoms with Crippen LogP contribution in [0, 0.1) is 13.8 Å². The number of thiophene rings is 1. The van der Waals surface area contributed by atoms with Crippen LogP contribution in [0.25, 0.3) is 0 Å². The molecule has 7 heteroatoms. The molecule has 0 radical (unpaired) electrons. The van der Waals surface area contributed by atoms with Crippen molar-refractivity contribution >= 4 is 17.2 Å². The third-order valence-corrected chi connectivity index (χ3v) is 6.60. The Balaban J connectivity index is 1.46. The lowest BCUT2D eigenvalue weighted by molar-refractivity contribution is 0.0723. The first-order valence-electron chi connectivity index (χ1n) is 9.12. The molecule has 2 aliphatic rings. The number of hydrogen-bond acceptors (Lipinski definition) is 6. The molecule has 1 fully saturated rings. The summed E-state index contributed by atoms with van der Waals surface area (Å²) in [4.78, 5) is 18.6. The number of amides is 1. The van der Waals surface area contributed by atoms with Crippen LogP contribution < -0.4 is 0 Å². The molecule has 4 rings (SSSR count). The van der Waals surface area contributed by atoms with Crippen molar-refractivity contribution in [3.63, 3.8) is 0 Å². The van der Waals surface area contributed by atoms with Crippen molar-refractivity contribution in [3.8, 4) is 0 Å². The van der Waals surface area contributed by atoms with Gasteiger partial charge in [-0.25, -0.2) is 0 Å². The highest BCUT2D eigenvalue weighted by Crippen LogP contribution is 2.31. The second-order valence-corrected chi connectivity index (χ2v) is 8.18. The molecule has 26 heavy (non-hydrogen) atoms. The first kappa shape index (κ1) is 17.7.